The molecule has 0 unspecified atom stereocenters. The Hall–Kier alpha value is -2.25. The van der Waals surface area contributed by atoms with Crippen LogP contribution in [0.5, 0.6) is 0 Å². The van der Waals surface area contributed by atoms with Crippen LogP contribution in [0, 0.1) is 12.7 Å². The van der Waals surface area contributed by atoms with E-state index in [9.17, 15) is 9.18 Å². The summed E-state index contributed by atoms with van der Waals surface area (Å²) in [6.07, 6.45) is 0. The van der Waals surface area contributed by atoms with Gasteiger partial charge >= 0.3 is 0 Å². The Morgan fingerprint density at radius 3 is 2.62 bits per heavy atom. The number of aromatic nitrogens is 1. The van der Waals surface area contributed by atoms with E-state index in [4.69, 9.17) is 0 Å². The Morgan fingerprint density at radius 2 is 1.92 bits per heavy atom. The van der Waals surface area contributed by atoms with Crippen molar-refractivity contribution in [1.29, 1.82) is 0 Å². The van der Waals surface area contributed by atoms with Gasteiger partial charge < -0.3 is 10.6 Å². The number of nitrogens with one attached hydrogen (secondary N) is 2. The molecule has 0 saturated heterocycles. The maximum absolute atomic E-state index is 12.9. The molecule has 1 aromatic heterocycles. The second-order valence-corrected chi connectivity index (χ2v) is 6.94. The molecule has 0 atom stereocenters. The monoisotopic (exact) mass is 405 g/mol. The summed E-state index contributed by atoms with van der Waals surface area (Å²) in [4.78, 5) is 17.3. The van der Waals surface area contributed by atoms with Crippen LogP contribution in [0.1, 0.15) is 15.4 Å². The van der Waals surface area contributed by atoms with Gasteiger partial charge in [0.05, 0.1) is 5.69 Å². The third-order valence-electron chi connectivity index (χ3n) is 3.18. The summed E-state index contributed by atoms with van der Waals surface area (Å²) in [7, 11) is 0. The molecule has 2 aromatic carbocycles. The van der Waals surface area contributed by atoms with Crippen molar-refractivity contribution in [2.75, 3.05) is 10.6 Å². The van der Waals surface area contributed by atoms with E-state index in [1.165, 1.54) is 23.5 Å². The van der Waals surface area contributed by atoms with Crippen LogP contribution >= 0.6 is 27.3 Å². The summed E-state index contributed by atoms with van der Waals surface area (Å²) in [5.74, 6) is -0.514. The minimum absolute atomic E-state index is 0.213. The van der Waals surface area contributed by atoms with E-state index in [0.717, 1.165) is 4.47 Å². The highest BCUT2D eigenvalue weighted by molar-refractivity contribution is 9.10. The van der Waals surface area contributed by atoms with E-state index in [1.807, 2.05) is 24.3 Å². The summed E-state index contributed by atoms with van der Waals surface area (Å²) in [6.45, 7) is 1.78. The molecule has 0 saturated carbocycles. The topological polar surface area (TPSA) is 54.0 Å². The van der Waals surface area contributed by atoms with Crippen molar-refractivity contribution in [2.45, 2.75) is 6.92 Å². The molecule has 122 valence electrons. The number of benzene rings is 2. The zero-order valence-corrected chi connectivity index (χ0v) is 15.0. The number of hydrogen-bond acceptors (Lipinski definition) is 4. The van der Waals surface area contributed by atoms with E-state index in [-0.39, 0.29) is 11.7 Å². The fourth-order valence-corrected chi connectivity index (χ4v) is 3.35. The molecular weight excluding hydrogens is 393 g/mol. The Bertz CT molecular complexity index is 880. The standard InChI is InChI=1S/C17H13BrFN3OS/c1-10-15(16(23)21-14-4-2-3-11(18)9-14)24-17(20-10)22-13-7-5-12(19)6-8-13/h2-9H,1H3,(H,20,22)(H,21,23). The maximum atomic E-state index is 12.9. The van der Waals surface area contributed by atoms with Crippen LogP contribution in [0.4, 0.5) is 20.9 Å². The lowest BCUT2D eigenvalue weighted by Crippen LogP contribution is -2.11. The van der Waals surface area contributed by atoms with Gasteiger partial charge in [0.15, 0.2) is 5.13 Å². The molecule has 7 heteroatoms. The lowest BCUT2D eigenvalue weighted by molar-refractivity contribution is 0.103. The molecule has 0 aliphatic heterocycles. The molecule has 1 amide bonds. The van der Waals surface area contributed by atoms with E-state index < -0.39 is 0 Å². The molecule has 1 heterocycles. The van der Waals surface area contributed by atoms with Crippen LogP contribution in [0.2, 0.25) is 0 Å². The number of nitrogens with zero attached hydrogens (tertiary/aromatic N) is 1. The van der Waals surface area contributed by atoms with Crippen LogP contribution in [-0.4, -0.2) is 10.9 Å². The van der Waals surface area contributed by atoms with Gasteiger partial charge in [0.25, 0.3) is 5.91 Å². The Morgan fingerprint density at radius 1 is 1.17 bits per heavy atom. The molecule has 4 nitrogen and oxygen atoms in total. The molecule has 0 aliphatic rings. The van der Waals surface area contributed by atoms with Crippen molar-refractivity contribution in [2.24, 2.45) is 0 Å². The first-order chi connectivity index (χ1) is 11.5. The van der Waals surface area contributed by atoms with Gasteiger partial charge in [-0.05, 0) is 49.4 Å². The van der Waals surface area contributed by atoms with Crippen molar-refractivity contribution in [3.8, 4) is 0 Å². The number of thiazole rings is 1. The number of hydrogen-bond donors (Lipinski definition) is 2. The number of rotatable bonds is 4. The molecule has 0 fully saturated rings. The van der Waals surface area contributed by atoms with Gasteiger partial charge in [0, 0.05) is 15.8 Å². The SMILES string of the molecule is Cc1nc(Nc2ccc(F)cc2)sc1C(=O)Nc1cccc(Br)c1. The zero-order chi connectivity index (χ0) is 17.1. The van der Waals surface area contributed by atoms with E-state index in [0.29, 0.717) is 27.1 Å². The smallest absolute Gasteiger partial charge is 0.267 e. The Balaban J connectivity index is 1.75. The highest BCUT2D eigenvalue weighted by Gasteiger charge is 2.15. The molecule has 2 N–H and O–H groups in total. The fourth-order valence-electron chi connectivity index (χ4n) is 2.07. The van der Waals surface area contributed by atoms with Crippen molar-refractivity contribution >= 4 is 49.7 Å². The second kappa shape index (κ2) is 7.11. The lowest BCUT2D eigenvalue weighted by atomic mass is 10.3. The second-order valence-electron chi connectivity index (χ2n) is 5.03. The van der Waals surface area contributed by atoms with Gasteiger partial charge in [-0.25, -0.2) is 9.37 Å². The lowest BCUT2D eigenvalue weighted by Gasteiger charge is -2.04. The van der Waals surface area contributed by atoms with Crippen LogP contribution < -0.4 is 10.6 Å². The molecular formula is C17H13BrFN3OS. The number of aryl methyl sites for hydroxylation is 1. The molecule has 0 spiro atoms. The van der Waals surface area contributed by atoms with Gasteiger partial charge in [-0.2, -0.15) is 0 Å². The molecule has 3 rings (SSSR count). The van der Waals surface area contributed by atoms with Crippen LogP contribution in [0.25, 0.3) is 0 Å². The van der Waals surface area contributed by atoms with Crippen molar-refractivity contribution in [3.05, 3.63) is 69.4 Å². The molecule has 0 radical (unpaired) electrons. The van der Waals surface area contributed by atoms with E-state index >= 15 is 0 Å². The largest absolute Gasteiger partial charge is 0.332 e. The minimum atomic E-state index is -0.301. The quantitative estimate of drug-likeness (QED) is 0.614. The van der Waals surface area contributed by atoms with Crippen LogP contribution in [0.15, 0.2) is 53.0 Å². The van der Waals surface area contributed by atoms with Gasteiger partial charge in [-0.15, -0.1) is 0 Å². The predicted octanol–water partition coefficient (Wildman–Crippen LogP) is 5.35. The van der Waals surface area contributed by atoms with Crippen molar-refractivity contribution < 1.29 is 9.18 Å². The van der Waals surface area contributed by atoms with Gasteiger partial charge in [0.1, 0.15) is 10.7 Å². The average molecular weight is 406 g/mol. The normalized spacial score (nSPS) is 10.5. The average Bonchev–Trinajstić information content (AvgIpc) is 2.90. The summed E-state index contributed by atoms with van der Waals surface area (Å²) in [5.41, 5.74) is 2.05. The number of anilines is 3. The predicted molar refractivity (Wildman–Crippen MR) is 98.6 cm³/mol. The summed E-state index contributed by atoms with van der Waals surface area (Å²) >= 11 is 4.62. The Labute approximate surface area is 150 Å². The van der Waals surface area contributed by atoms with Gasteiger partial charge in [-0.3, -0.25) is 4.79 Å². The fraction of sp³-hybridized carbons (Fsp3) is 0.0588. The Kier molecular flexibility index (Phi) is 4.92. The van der Waals surface area contributed by atoms with E-state index in [2.05, 4.69) is 31.5 Å². The maximum Gasteiger partial charge on any atom is 0.267 e. The van der Waals surface area contributed by atoms with Gasteiger partial charge in [-0.1, -0.05) is 33.3 Å². The molecule has 0 bridgehead atoms. The molecule has 0 aliphatic carbocycles. The first-order valence-corrected chi connectivity index (χ1v) is 8.69. The molecule has 3 aromatic rings. The summed E-state index contributed by atoms with van der Waals surface area (Å²) in [6, 6.07) is 13.3. The van der Waals surface area contributed by atoms with Crippen LogP contribution in [0.3, 0.4) is 0 Å². The van der Waals surface area contributed by atoms with Gasteiger partial charge in [0.2, 0.25) is 0 Å². The highest BCUT2D eigenvalue weighted by atomic mass is 79.9. The number of carbonyl (C=O) groups excluding carboxylic acids is 1. The molecule has 24 heavy (non-hydrogen) atoms. The zero-order valence-electron chi connectivity index (χ0n) is 12.6. The first-order valence-electron chi connectivity index (χ1n) is 7.08. The number of carbonyl (C=O) groups is 1. The highest BCUT2D eigenvalue weighted by Crippen LogP contribution is 2.27. The van der Waals surface area contributed by atoms with Crippen molar-refractivity contribution in [3.63, 3.8) is 0 Å². The summed E-state index contributed by atoms with van der Waals surface area (Å²) < 4.78 is 13.8. The number of amides is 1. The van der Waals surface area contributed by atoms with Crippen molar-refractivity contribution in [1.82, 2.24) is 4.98 Å². The first kappa shape index (κ1) is 16.6. The van der Waals surface area contributed by atoms with Crippen LogP contribution in [-0.2, 0) is 0 Å². The summed E-state index contributed by atoms with van der Waals surface area (Å²) in [5, 5.41) is 6.50. The van der Waals surface area contributed by atoms with E-state index in [1.54, 1.807) is 19.1 Å². The third-order valence-corrected chi connectivity index (χ3v) is 4.75. The minimum Gasteiger partial charge on any atom is -0.332 e. The number of halogens is 2. The third kappa shape index (κ3) is 3.98.